The number of hydrogen-bond acceptors (Lipinski definition) is 2. The Kier molecular flexibility index (Phi) is 5.34. The molecule has 3 aromatic carbocycles. The van der Waals surface area contributed by atoms with E-state index in [2.05, 4.69) is 5.32 Å². The molecule has 1 unspecified atom stereocenters. The first-order chi connectivity index (χ1) is 12.2. The van der Waals surface area contributed by atoms with Gasteiger partial charge in [-0.05, 0) is 30.4 Å². The Hall–Kier alpha value is -2.81. The minimum Gasteiger partial charge on any atom is -0.480 e. The first kappa shape index (κ1) is 17.0. The van der Waals surface area contributed by atoms with E-state index >= 15 is 0 Å². The third kappa shape index (κ3) is 4.00. The summed E-state index contributed by atoms with van der Waals surface area (Å²) in [4.78, 5) is 12.7. The smallest absolute Gasteiger partial charge is 0.261 e. The second-order valence-electron chi connectivity index (χ2n) is 6.13. The van der Waals surface area contributed by atoms with Gasteiger partial charge in [-0.3, -0.25) is 4.79 Å². The van der Waals surface area contributed by atoms with Gasteiger partial charge in [-0.15, -0.1) is 0 Å². The molecule has 0 saturated carbocycles. The second-order valence-corrected chi connectivity index (χ2v) is 6.13. The highest BCUT2D eigenvalue weighted by Gasteiger charge is 2.21. The van der Waals surface area contributed by atoms with Crippen molar-refractivity contribution in [3.63, 3.8) is 0 Å². The molecule has 0 aromatic heterocycles. The van der Waals surface area contributed by atoms with Gasteiger partial charge >= 0.3 is 0 Å². The summed E-state index contributed by atoms with van der Waals surface area (Å²) in [5.74, 6) is 0.652. The van der Waals surface area contributed by atoms with Gasteiger partial charge in [-0.2, -0.15) is 0 Å². The third-order valence-corrected chi connectivity index (χ3v) is 4.34. The van der Waals surface area contributed by atoms with Crippen LogP contribution in [0.15, 0.2) is 72.8 Å². The molecule has 0 saturated heterocycles. The quantitative estimate of drug-likeness (QED) is 0.698. The van der Waals surface area contributed by atoms with Gasteiger partial charge < -0.3 is 10.1 Å². The van der Waals surface area contributed by atoms with E-state index in [0.29, 0.717) is 6.42 Å². The average Bonchev–Trinajstić information content (AvgIpc) is 2.66. The van der Waals surface area contributed by atoms with Crippen molar-refractivity contribution in [2.24, 2.45) is 0 Å². The lowest BCUT2D eigenvalue weighted by molar-refractivity contribution is -0.128. The van der Waals surface area contributed by atoms with Gasteiger partial charge in [0.15, 0.2) is 6.10 Å². The molecule has 0 bridgehead atoms. The van der Waals surface area contributed by atoms with Crippen LogP contribution < -0.4 is 10.1 Å². The SMILES string of the molecule is CCC(Oc1cccc2ccccc12)C(=O)N[C@H](C)c1ccccc1. The van der Waals surface area contributed by atoms with E-state index in [9.17, 15) is 4.79 Å². The van der Waals surface area contributed by atoms with Gasteiger partial charge in [0.1, 0.15) is 5.75 Å². The zero-order valence-electron chi connectivity index (χ0n) is 14.6. The molecule has 0 spiro atoms. The van der Waals surface area contributed by atoms with Gasteiger partial charge in [0, 0.05) is 5.39 Å². The normalized spacial score (nSPS) is 13.2. The number of rotatable bonds is 6. The number of amides is 1. The predicted molar refractivity (Wildman–Crippen MR) is 102 cm³/mol. The molecule has 0 aliphatic heterocycles. The molecule has 0 aliphatic carbocycles. The minimum absolute atomic E-state index is 0.0566. The summed E-state index contributed by atoms with van der Waals surface area (Å²) in [6.07, 6.45) is 0.0910. The maximum atomic E-state index is 12.7. The molecule has 128 valence electrons. The molecule has 0 radical (unpaired) electrons. The lowest BCUT2D eigenvalue weighted by Gasteiger charge is -2.21. The van der Waals surface area contributed by atoms with E-state index in [1.165, 1.54) is 0 Å². The standard InChI is InChI=1S/C22H23NO2/c1-3-20(22(24)23-16(2)17-10-5-4-6-11-17)25-21-15-9-13-18-12-7-8-14-19(18)21/h4-16,20H,3H2,1-2H3,(H,23,24)/t16-,20?/m1/s1. The zero-order chi connectivity index (χ0) is 17.6. The van der Waals surface area contributed by atoms with Crippen molar-refractivity contribution in [3.8, 4) is 5.75 Å². The van der Waals surface area contributed by atoms with Crippen molar-refractivity contribution in [2.75, 3.05) is 0 Å². The van der Waals surface area contributed by atoms with E-state index in [-0.39, 0.29) is 11.9 Å². The molecular formula is C22H23NO2. The molecule has 0 heterocycles. The van der Waals surface area contributed by atoms with Crippen molar-refractivity contribution in [2.45, 2.75) is 32.4 Å². The van der Waals surface area contributed by atoms with E-state index < -0.39 is 6.10 Å². The maximum Gasteiger partial charge on any atom is 0.261 e. The van der Waals surface area contributed by atoms with E-state index in [1.54, 1.807) is 0 Å². The Morgan fingerprint density at radius 2 is 1.64 bits per heavy atom. The van der Waals surface area contributed by atoms with E-state index in [0.717, 1.165) is 22.1 Å². The monoisotopic (exact) mass is 333 g/mol. The summed E-state index contributed by atoms with van der Waals surface area (Å²) in [6, 6.07) is 23.8. The molecule has 1 N–H and O–H groups in total. The fourth-order valence-corrected chi connectivity index (χ4v) is 2.91. The summed E-state index contributed by atoms with van der Waals surface area (Å²) in [5, 5.41) is 5.18. The van der Waals surface area contributed by atoms with Crippen LogP contribution in [0.4, 0.5) is 0 Å². The van der Waals surface area contributed by atoms with Crippen molar-refractivity contribution in [1.82, 2.24) is 5.32 Å². The Morgan fingerprint density at radius 1 is 0.960 bits per heavy atom. The number of nitrogens with one attached hydrogen (secondary N) is 1. The summed E-state index contributed by atoms with van der Waals surface area (Å²) >= 11 is 0. The molecule has 2 atom stereocenters. The fourth-order valence-electron chi connectivity index (χ4n) is 2.91. The van der Waals surface area contributed by atoms with Crippen LogP contribution >= 0.6 is 0 Å². The number of hydrogen-bond donors (Lipinski definition) is 1. The lowest BCUT2D eigenvalue weighted by atomic mass is 10.1. The summed E-state index contributed by atoms with van der Waals surface area (Å²) in [5.41, 5.74) is 1.08. The van der Waals surface area contributed by atoms with Gasteiger partial charge in [0.2, 0.25) is 0 Å². The van der Waals surface area contributed by atoms with Gasteiger partial charge in [-0.25, -0.2) is 0 Å². The summed E-state index contributed by atoms with van der Waals surface area (Å²) in [7, 11) is 0. The largest absolute Gasteiger partial charge is 0.480 e. The van der Waals surface area contributed by atoms with Crippen LogP contribution in [0, 0.1) is 0 Å². The molecule has 3 aromatic rings. The van der Waals surface area contributed by atoms with Crippen molar-refractivity contribution < 1.29 is 9.53 Å². The van der Waals surface area contributed by atoms with Crippen LogP contribution in [-0.4, -0.2) is 12.0 Å². The van der Waals surface area contributed by atoms with Crippen LogP contribution in [0.2, 0.25) is 0 Å². The van der Waals surface area contributed by atoms with Crippen LogP contribution in [0.5, 0.6) is 5.75 Å². The Balaban J connectivity index is 1.74. The lowest BCUT2D eigenvalue weighted by Crippen LogP contribution is -2.39. The maximum absolute atomic E-state index is 12.7. The Bertz CT molecular complexity index is 840. The molecule has 3 heteroatoms. The van der Waals surface area contributed by atoms with Crippen LogP contribution in [0.1, 0.15) is 31.9 Å². The molecule has 3 rings (SSSR count). The van der Waals surface area contributed by atoms with Crippen molar-refractivity contribution in [1.29, 1.82) is 0 Å². The zero-order valence-corrected chi connectivity index (χ0v) is 14.6. The average molecular weight is 333 g/mol. The highest BCUT2D eigenvalue weighted by atomic mass is 16.5. The minimum atomic E-state index is -0.517. The van der Waals surface area contributed by atoms with Crippen LogP contribution in [0.25, 0.3) is 10.8 Å². The van der Waals surface area contributed by atoms with E-state index in [1.807, 2.05) is 86.6 Å². The molecule has 0 fully saturated rings. The first-order valence-corrected chi connectivity index (χ1v) is 8.68. The van der Waals surface area contributed by atoms with Crippen molar-refractivity contribution in [3.05, 3.63) is 78.4 Å². The highest BCUT2D eigenvalue weighted by Crippen LogP contribution is 2.26. The topological polar surface area (TPSA) is 38.3 Å². The Morgan fingerprint density at radius 3 is 2.40 bits per heavy atom. The third-order valence-electron chi connectivity index (χ3n) is 4.34. The number of fused-ring (bicyclic) bond motifs is 1. The first-order valence-electron chi connectivity index (χ1n) is 8.68. The Labute approximate surface area is 148 Å². The predicted octanol–water partition coefficient (Wildman–Crippen LogP) is 4.87. The second kappa shape index (κ2) is 7.84. The highest BCUT2D eigenvalue weighted by molar-refractivity contribution is 5.89. The van der Waals surface area contributed by atoms with E-state index in [4.69, 9.17) is 4.74 Å². The number of benzene rings is 3. The molecule has 3 nitrogen and oxygen atoms in total. The summed E-state index contributed by atoms with van der Waals surface area (Å²) in [6.45, 7) is 3.94. The van der Waals surface area contributed by atoms with Gasteiger partial charge in [0.05, 0.1) is 6.04 Å². The number of carbonyl (C=O) groups excluding carboxylic acids is 1. The number of ether oxygens (including phenoxy) is 1. The molecule has 0 aliphatic rings. The number of carbonyl (C=O) groups is 1. The van der Waals surface area contributed by atoms with Crippen molar-refractivity contribution >= 4 is 16.7 Å². The van der Waals surface area contributed by atoms with Gasteiger partial charge in [0.25, 0.3) is 5.91 Å². The fraction of sp³-hybridized carbons (Fsp3) is 0.227. The summed E-state index contributed by atoms with van der Waals surface area (Å²) < 4.78 is 6.06. The molecule has 1 amide bonds. The molecule has 25 heavy (non-hydrogen) atoms. The van der Waals surface area contributed by atoms with Crippen LogP contribution in [0.3, 0.4) is 0 Å². The van der Waals surface area contributed by atoms with Gasteiger partial charge in [-0.1, -0.05) is 73.7 Å². The molecular weight excluding hydrogens is 310 g/mol. The van der Waals surface area contributed by atoms with Crippen LogP contribution in [-0.2, 0) is 4.79 Å².